The SMILES string of the molecule is c1ccc2c(c1)oc1c2c2ccccc2n1-c1nnc(-n2c3ccccc3c3c4ccccc4oc32)o1. The Balaban J connectivity index is 1.35. The number of hydrogen-bond donors (Lipinski definition) is 0. The van der Waals surface area contributed by atoms with Gasteiger partial charge in [-0.3, -0.25) is 0 Å². The van der Waals surface area contributed by atoms with E-state index in [-0.39, 0.29) is 0 Å². The van der Waals surface area contributed by atoms with Gasteiger partial charge < -0.3 is 13.3 Å². The molecule has 174 valence electrons. The summed E-state index contributed by atoms with van der Waals surface area (Å²) < 4.78 is 22.8. The Kier molecular flexibility index (Phi) is 3.42. The molecule has 4 aromatic carbocycles. The third-order valence-corrected chi connectivity index (χ3v) is 7.17. The third-order valence-electron chi connectivity index (χ3n) is 7.17. The molecule has 0 atom stereocenters. The molecular weight excluding hydrogens is 464 g/mol. The standard InChI is InChI=1S/C30H16N4O3/c1-5-13-21-17(9-1)25-19-11-3-7-15-23(19)35-27(25)33(21)29-31-32-30(37-29)34-22-14-6-2-10-18(22)26-20-12-4-8-16-24(20)36-28(26)34/h1-16H. The molecule has 5 heterocycles. The average molecular weight is 480 g/mol. The van der Waals surface area contributed by atoms with E-state index in [1.165, 1.54) is 0 Å². The first-order valence-electron chi connectivity index (χ1n) is 12.0. The molecule has 7 nitrogen and oxygen atoms in total. The van der Waals surface area contributed by atoms with E-state index in [0.29, 0.717) is 23.5 Å². The highest BCUT2D eigenvalue weighted by atomic mass is 16.4. The predicted molar refractivity (Wildman–Crippen MR) is 143 cm³/mol. The maximum Gasteiger partial charge on any atom is 0.331 e. The van der Waals surface area contributed by atoms with Gasteiger partial charge in [0.25, 0.3) is 0 Å². The van der Waals surface area contributed by atoms with Crippen molar-refractivity contribution in [3.8, 4) is 12.0 Å². The van der Waals surface area contributed by atoms with Gasteiger partial charge in [-0.1, -0.05) is 83.0 Å². The molecule has 0 amide bonds. The van der Waals surface area contributed by atoms with Crippen molar-refractivity contribution in [1.82, 2.24) is 19.3 Å². The van der Waals surface area contributed by atoms with Gasteiger partial charge in [0.05, 0.1) is 21.8 Å². The van der Waals surface area contributed by atoms with Crippen LogP contribution in [0.15, 0.2) is 110 Å². The van der Waals surface area contributed by atoms with Crippen molar-refractivity contribution in [3.63, 3.8) is 0 Å². The van der Waals surface area contributed by atoms with Gasteiger partial charge >= 0.3 is 12.0 Å². The quantitative estimate of drug-likeness (QED) is 0.253. The van der Waals surface area contributed by atoms with E-state index in [4.69, 9.17) is 13.3 Å². The van der Waals surface area contributed by atoms with E-state index >= 15 is 0 Å². The van der Waals surface area contributed by atoms with Gasteiger partial charge in [0, 0.05) is 21.5 Å². The Morgan fingerprint density at radius 3 is 1.32 bits per heavy atom. The van der Waals surface area contributed by atoms with Gasteiger partial charge in [0.15, 0.2) is 0 Å². The van der Waals surface area contributed by atoms with Gasteiger partial charge in [-0.2, -0.15) is 0 Å². The van der Waals surface area contributed by atoms with Crippen molar-refractivity contribution in [3.05, 3.63) is 97.1 Å². The van der Waals surface area contributed by atoms with Crippen LogP contribution in [-0.2, 0) is 0 Å². The van der Waals surface area contributed by atoms with Crippen molar-refractivity contribution < 1.29 is 13.3 Å². The monoisotopic (exact) mass is 480 g/mol. The van der Waals surface area contributed by atoms with Crippen LogP contribution < -0.4 is 0 Å². The van der Waals surface area contributed by atoms with E-state index < -0.39 is 0 Å². The maximum atomic E-state index is 6.38. The van der Waals surface area contributed by atoms with Crippen LogP contribution in [0.5, 0.6) is 0 Å². The van der Waals surface area contributed by atoms with Gasteiger partial charge in [0.2, 0.25) is 11.4 Å². The second-order valence-electron chi connectivity index (χ2n) is 9.13. The number of furan rings is 2. The molecule has 0 N–H and O–H groups in total. The molecule has 5 aromatic heterocycles. The summed E-state index contributed by atoms with van der Waals surface area (Å²) in [5.41, 5.74) is 4.83. The first-order valence-corrected chi connectivity index (χ1v) is 12.0. The van der Waals surface area contributed by atoms with Gasteiger partial charge in [0.1, 0.15) is 11.2 Å². The molecule has 7 heteroatoms. The number of rotatable bonds is 2. The van der Waals surface area contributed by atoms with Crippen LogP contribution in [0.4, 0.5) is 0 Å². The van der Waals surface area contributed by atoms with Crippen LogP contribution in [0.3, 0.4) is 0 Å². The molecule has 0 spiro atoms. The van der Waals surface area contributed by atoms with E-state index in [1.54, 1.807) is 0 Å². The third kappa shape index (κ3) is 2.35. The molecule has 9 aromatic rings. The lowest BCUT2D eigenvalue weighted by atomic mass is 10.1. The van der Waals surface area contributed by atoms with E-state index in [0.717, 1.165) is 54.5 Å². The van der Waals surface area contributed by atoms with Crippen LogP contribution in [0, 0.1) is 0 Å². The molecular formula is C30H16N4O3. The Bertz CT molecular complexity index is 2160. The van der Waals surface area contributed by atoms with Crippen molar-refractivity contribution in [1.29, 1.82) is 0 Å². The fourth-order valence-electron chi connectivity index (χ4n) is 5.65. The smallest absolute Gasteiger partial charge is 0.331 e. The summed E-state index contributed by atoms with van der Waals surface area (Å²) in [6.45, 7) is 0. The van der Waals surface area contributed by atoms with E-state index in [2.05, 4.69) is 34.5 Å². The number of nitrogens with zero attached hydrogens (tertiary/aromatic N) is 4. The molecule has 0 radical (unpaired) electrons. The van der Waals surface area contributed by atoms with Gasteiger partial charge in [-0.05, 0) is 24.3 Å². The average Bonchev–Trinajstić information content (AvgIpc) is 3.73. The fraction of sp³-hybridized carbons (Fsp3) is 0. The lowest BCUT2D eigenvalue weighted by molar-refractivity contribution is 0.500. The highest BCUT2D eigenvalue weighted by Crippen LogP contribution is 2.40. The summed E-state index contributed by atoms with van der Waals surface area (Å²) in [7, 11) is 0. The van der Waals surface area contributed by atoms with Gasteiger partial charge in [-0.25, -0.2) is 9.13 Å². The largest absolute Gasteiger partial charge is 0.439 e. The second kappa shape index (κ2) is 6.67. The normalized spacial score (nSPS) is 12.3. The molecule has 0 fully saturated rings. The number of fused-ring (bicyclic) bond motifs is 10. The minimum Gasteiger partial charge on any atom is -0.439 e. The van der Waals surface area contributed by atoms with Crippen molar-refractivity contribution in [2.75, 3.05) is 0 Å². The summed E-state index contributed by atoms with van der Waals surface area (Å²) >= 11 is 0. The highest BCUT2D eigenvalue weighted by molar-refractivity contribution is 6.20. The molecule has 0 aliphatic carbocycles. The number of benzene rings is 4. The summed E-state index contributed by atoms with van der Waals surface area (Å²) in [4.78, 5) is 0. The highest BCUT2D eigenvalue weighted by Gasteiger charge is 2.25. The summed E-state index contributed by atoms with van der Waals surface area (Å²) in [5, 5.41) is 15.2. The number of aromatic nitrogens is 4. The molecule has 0 saturated heterocycles. The van der Waals surface area contributed by atoms with Crippen molar-refractivity contribution >= 4 is 65.9 Å². The second-order valence-corrected chi connectivity index (χ2v) is 9.13. The molecule has 37 heavy (non-hydrogen) atoms. The fourth-order valence-corrected chi connectivity index (χ4v) is 5.65. The van der Waals surface area contributed by atoms with Crippen LogP contribution in [-0.4, -0.2) is 19.3 Å². The Morgan fingerprint density at radius 1 is 0.432 bits per heavy atom. The maximum absolute atomic E-state index is 6.38. The molecule has 0 bridgehead atoms. The number of para-hydroxylation sites is 4. The topological polar surface area (TPSA) is 75.1 Å². The van der Waals surface area contributed by atoms with Gasteiger partial charge in [-0.15, -0.1) is 0 Å². The lowest BCUT2D eigenvalue weighted by Gasteiger charge is -2.01. The van der Waals surface area contributed by atoms with Crippen LogP contribution >= 0.6 is 0 Å². The van der Waals surface area contributed by atoms with E-state index in [1.807, 2.05) is 81.9 Å². The minimum absolute atomic E-state index is 0.322. The van der Waals surface area contributed by atoms with E-state index in [9.17, 15) is 0 Å². The first kappa shape index (κ1) is 19.0. The summed E-state index contributed by atoms with van der Waals surface area (Å²) in [5.74, 6) is 0. The lowest BCUT2D eigenvalue weighted by Crippen LogP contribution is -1.93. The van der Waals surface area contributed by atoms with Crippen LogP contribution in [0.25, 0.3) is 78.0 Å². The Hall–Kier alpha value is -5.30. The van der Waals surface area contributed by atoms with Crippen LogP contribution in [0.1, 0.15) is 0 Å². The minimum atomic E-state index is 0.322. The Morgan fingerprint density at radius 2 is 0.838 bits per heavy atom. The first-order chi connectivity index (χ1) is 18.4. The molecule has 9 rings (SSSR count). The zero-order valence-corrected chi connectivity index (χ0v) is 19.3. The molecule has 0 unspecified atom stereocenters. The zero-order valence-electron chi connectivity index (χ0n) is 19.3. The Labute approximate surface area is 207 Å². The zero-order chi connectivity index (χ0) is 24.1. The summed E-state index contributed by atoms with van der Waals surface area (Å²) in [6, 6.07) is 33.0. The molecule has 0 aliphatic rings. The summed E-state index contributed by atoms with van der Waals surface area (Å²) in [6.07, 6.45) is 0. The number of hydrogen-bond acceptors (Lipinski definition) is 5. The van der Waals surface area contributed by atoms with Crippen molar-refractivity contribution in [2.24, 2.45) is 0 Å². The van der Waals surface area contributed by atoms with Crippen molar-refractivity contribution in [2.45, 2.75) is 0 Å². The molecule has 0 saturated carbocycles. The van der Waals surface area contributed by atoms with Crippen LogP contribution in [0.2, 0.25) is 0 Å². The molecule has 0 aliphatic heterocycles. The predicted octanol–water partition coefficient (Wildman–Crippen LogP) is 7.76.